The summed E-state index contributed by atoms with van der Waals surface area (Å²) in [5.74, 6) is 0.270. The fourth-order valence-corrected chi connectivity index (χ4v) is 3.77. The van der Waals surface area contributed by atoms with Gasteiger partial charge in [-0.15, -0.1) is 0 Å². The van der Waals surface area contributed by atoms with Crippen LogP contribution in [0.2, 0.25) is 5.02 Å². The quantitative estimate of drug-likeness (QED) is 0.767. The van der Waals surface area contributed by atoms with Crippen molar-refractivity contribution in [2.75, 3.05) is 42.9 Å². The summed E-state index contributed by atoms with van der Waals surface area (Å²) >= 11 is 6.27. The minimum Gasteiger partial charge on any atom is -0.508 e. The number of carbonyl (C=O) groups is 1. The first-order chi connectivity index (χ1) is 12.4. The Morgan fingerprint density at radius 3 is 2.46 bits per heavy atom. The number of carbonyl (C=O) groups excluding carboxylic acids is 1. The van der Waals surface area contributed by atoms with E-state index in [-0.39, 0.29) is 11.7 Å². The Hall–Kier alpha value is -2.24. The molecule has 1 amide bonds. The molecule has 0 unspecified atom stereocenters. The zero-order valence-corrected chi connectivity index (χ0v) is 15.9. The SMILES string of the molecule is Cc1cc(C)c(NC(=O)C[NH+]2CCN(c3ccc(O)cc3)CC2)c(Cl)c1. The minimum absolute atomic E-state index is 0.00747. The van der Waals surface area contributed by atoms with Gasteiger partial charge in [0.2, 0.25) is 0 Å². The van der Waals surface area contributed by atoms with Crippen LogP contribution in [0.15, 0.2) is 36.4 Å². The highest BCUT2D eigenvalue weighted by molar-refractivity contribution is 6.34. The number of hydrogen-bond acceptors (Lipinski definition) is 3. The first-order valence-corrected chi connectivity index (χ1v) is 9.24. The average Bonchev–Trinajstić information content (AvgIpc) is 2.59. The van der Waals surface area contributed by atoms with Crippen LogP contribution in [-0.2, 0) is 4.79 Å². The van der Waals surface area contributed by atoms with Gasteiger partial charge in [0.25, 0.3) is 5.91 Å². The topological polar surface area (TPSA) is 57.0 Å². The van der Waals surface area contributed by atoms with E-state index >= 15 is 0 Å². The zero-order chi connectivity index (χ0) is 18.7. The van der Waals surface area contributed by atoms with Crippen LogP contribution in [-0.4, -0.2) is 43.7 Å². The lowest BCUT2D eigenvalue weighted by atomic mass is 10.1. The van der Waals surface area contributed by atoms with Gasteiger partial charge in [-0.1, -0.05) is 17.7 Å². The van der Waals surface area contributed by atoms with Crippen molar-refractivity contribution in [3.8, 4) is 5.75 Å². The van der Waals surface area contributed by atoms with Crippen molar-refractivity contribution < 1.29 is 14.8 Å². The number of quaternary nitrogens is 1. The second kappa shape index (κ2) is 7.98. The molecule has 0 radical (unpaired) electrons. The largest absolute Gasteiger partial charge is 0.508 e. The molecular formula is C20H25ClN3O2+. The minimum atomic E-state index is -0.00747. The maximum atomic E-state index is 12.4. The van der Waals surface area contributed by atoms with Crippen molar-refractivity contribution in [3.05, 3.63) is 52.5 Å². The number of anilines is 2. The molecule has 5 nitrogen and oxygen atoms in total. The predicted octanol–water partition coefficient (Wildman–Crippen LogP) is 2.01. The number of hydrogen-bond donors (Lipinski definition) is 3. The van der Waals surface area contributed by atoms with Crippen LogP contribution in [0.4, 0.5) is 11.4 Å². The Kier molecular flexibility index (Phi) is 5.69. The number of nitrogens with zero attached hydrogens (tertiary/aromatic N) is 1. The van der Waals surface area contributed by atoms with E-state index in [0.29, 0.717) is 17.3 Å². The molecule has 1 aliphatic heterocycles. The molecule has 0 aromatic heterocycles. The molecule has 3 rings (SSSR count). The fourth-order valence-electron chi connectivity index (χ4n) is 3.41. The third kappa shape index (κ3) is 4.48. The second-order valence-electron chi connectivity index (χ2n) is 6.92. The van der Waals surface area contributed by atoms with Crippen LogP contribution >= 0.6 is 11.6 Å². The molecule has 0 spiro atoms. The molecule has 138 valence electrons. The number of benzene rings is 2. The molecule has 1 fully saturated rings. The average molecular weight is 375 g/mol. The summed E-state index contributed by atoms with van der Waals surface area (Å²) in [5.41, 5.74) is 3.88. The standard InChI is InChI=1S/C20H24ClN3O2/c1-14-11-15(2)20(18(21)12-14)22-19(26)13-23-7-9-24(10-8-23)16-3-5-17(25)6-4-16/h3-6,11-12,25H,7-10,13H2,1-2H3,(H,22,26)/p+1. The highest BCUT2D eigenvalue weighted by Gasteiger charge is 2.23. The summed E-state index contributed by atoms with van der Waals surface area (Å²) in [6.07, 6.45) is 0. The molecule has 0 bridgehead atoms. The molecule has 26 heavy (non-hydrogen) atoms. The van der Waals surface area contributed by atoms with Crippen molar-refractivity contribution in [3.63, 3.8) is 0 Å². The van der Waals surface area contributed by atoms with Crippen LogP contribution < -0.4 is 15.1 Å². The molecule has 2 aromatic carbocycles. The van der Waals surface area contributed by atoms with Crippen molar-refractivity contribution in [1.82, 2.24) is 0 Å². The zero-order valence-electron chi connectivity index (χ0n) is 15.2. The number of amides is 1. The number of rotatable bonds is 4. The number of halogens is 1. The smallest absolute Gasteiger partial charge is 0.279 e. The summed E-state index contributed by atoms with van der Waals surface area (Å²) in [6, 6.07) is 11.1. The highest BCUT2D eigenvalue weighted by Crippen LogP contribution is 2.27. The molecule has 0 aliphatic carbocycles. The van der Waals surface area contributed by atoms with E-state index in [2.05, 4.69) is 10.2 Å². The van der Waals surface area contributed by atoms with Crippen LogP contribution in [0.1, 0.15) is 11.1 Å². The first-order valence-electron chi connectivity index (χ1n) is 8.86. The van der Waals surface area contributed by atoms with Gasteiger partial charge in [0.05, 0.1) is 36.9 Å². The van der Waals surface area contributed by atoms with Gasteiger partial charge in [0.15, 0.2) is 6.54 Å². The van der Waals surface area contributed by atoms with Crippen LogP contribution in [0.3, 0.4) is 0 Å². The van der Waals surface area contributed by atoms with Gasteiger partial charge in [0.1, 0.15) is 5.75 Å². The van der Waals surface area contributed by atoms with E-state index in [1.165, 1.54) is 4.90 Å². The Bertz CT molecular complexity index is 761. The Morgan fingerprint density at radius 2 is 1.85 bits per heavy atom. The molecule has 1 aliphatic rings. The van der Waals surface area contributed by atoms with Gasteiger partial charge >= 0.3 is 0 Å². The number of aryl methyl sites for hydroxylation is 2. The molecular weight excluding hydrogens is 350 g/mol. The van der Waals surface area contributed by atoms with E-state index in [9.17, 15) is 9.90 Å². The van der Waals surface area contributed by atoms with Gasteiger partial charge in [-0.25, -0.2) is 0 Å². The third-order valence-corrected chi connectivity index (χ3v) is 5.09. The number of nitrogens with one attached hydrogen (secondary N) is 2. The molecule has 2 aromatic rings. The predicted molar refractivity (Wildman–Crippen MR) is 105 cm³/mol. The van der Waals surface area contributed by atoms with Crippen molar-refractivity contribution >= 4 is 28.9 Å². The Morgan fingerprint density at radius 1 is 1.19 bits per heavy atom. The Balaban J connectivity index is 1.53. The maximum absolute atomic E-state index is 12.4. The number of phenols is 1. The molecule has 0 saturated carbocycles. The molecule has 0 atom stereocenters. The second-order valence-corrected chi connectivity index (χ2v) is 7.32. The lowest BCUT2D eigenvalue weighted by molar-refractivity contribution is -0.892. The summed E-state index contributed by atoms with van der Waals surface area (Å²) in [5, 5.41) is 13.0. The fraction of sp³-hybridized carbons (Fsp3) is 0.350. The van der Waals surface area contributed by atoms with E-state index in [4.69, 9.17) is 11.6 Å². The van der Waals surface area contributed by atoms with Crippen molar-refractivity contribution in [2.45, 2.75) is 13.8 Å². The van der Waals surface area contributed by atoms with Gasteiger partial charge in [-0.2, -0.15) is 0 Å². The molecule has 6 heteroatoms. The molecule has 1 saturated heterocycles. The molecule has 1 heterocycles. The van der Waals surface area contributed by atoms with E-state index < -0.39 is 0 Å². The van der Waals surface area contributed by atoms with Crippen molar-refractivity contribution in [1.29, 1.82) is 0 Å². The van der Waals surface area contributed by atoms with Gasteiger partial charge in [0, 0.05) is 5.69 Å². The van der Waals surface area contributed by atoms with E-state index in [0.717, 1.165) is 43.0 Å². The lowest BCUT2D eigenvalue weighted by Gasteiger charge is -2.33. The summed E-state index contributed by atoms with van der Waals surface area (Å²) < 4.78 is 0. The number of piperazine rings is 1. The number of phenolic OH excluding ortho intramolecular Hbond substituents is 1. The third-order valence-electron chi connectivity index (χ3n) is 4.79. The first kappa shape index (κ1) is 18.5. The highest BCUT2D eigenvalue weighted by atomic mass is 35.5. The van der Waals surface area contributed by atoms with Crippen LogP contribution in [0.25, 0.3) is 0 Å². The van der Waals surface area contributed by atoms with Gasteiger partial charge in [-0.3, -0.25) is 4.79 Å². The van der Waals surface area contributed by atoms with E-state index in [1.54, 1.807) is 12.1 Å². The summed E-state index contributed by atoms with van der Waals surface area (Å²) in [6.45, 7) is 7.95. The van der Waals surface area contributed by atoms with Crippen molar-refractivity contribution in [2.24, 2.45) is 0 Å². The monoisotopic (exact) mass is 374 g/mol. The van der Waals surface area contributed by atoms with Crippen LogP contribution in [0.5, 0.6) is 5.75 Å². The maximum Gasteiger partial charge on any atom is 0.279 e. The number of aromatic hydroxyl groups is 1. The normalized spacial score (nSPS) is 15.1. The van der Waals surface area contributed by atoms with Gasteiger partial charge < -0.3 is 20.2 Å². The van der Waals surface area contributed by atoms with Gasteiger partial charge in [-0.05, 0) is 55.3 Å². The lowest BCUT2D eigenvalue weighted by Crippen LogP contribution is -3.15. The summed E-state index contributed by atoms with van der Waals surface area (Å²) in [7, 11) is 0. The Labute approximate surface area is 159 Å². The summed E-state index contributed by atoms with van der Waals surface area (Å²) in [4.78, 5) is 16.0. The van der Waals surface area contributed by atoms with E-state index in [1.807, 2.05) is 38.1 Å². The van der Waals surface area contributed by atoms with Crippen LogP contribution in [0, 0.1) is 13.8 Å². The molecule has 3 N–H and O–H groups in total.